The van der Waals surface area contributed by atoms with Crippen LogP contribution >= 0.6 is 0 Å². The van der Waals surface area contributed by atoms with E-state index in [1.54, 1.807) is 6.20 Å². The Bertz CT molecular complexity index is 526. The Balaban J connectivity index is 2.05. The molecule has 0 aliphatic heterocycles. The van der Waals surface area contributed by atoms with Gasteiger partial charge in [0.2, 0.25) is 5.88 Å². The van der Waals surface area contributed by atoms with Crippen molar-refractivity contribution in [2.45, 2.75) is 19.4 Å². The SMILES string of the molecule is Cc1cccnc1Oc1ccc(CC(N)CO)cc1. The maximum atomic E-state index is 8.92. The molecule has 100 valence electrons. The minimum atomic E-state index is -0.218. The highest BCUT2D eigenvalue weighted by molar-refractivity contribution is 5.33. The van der Waals surface area contributed by atoms with Crippen molar-refractivity contribution in [3.63, 3.8) is 0 Å². The van der Waals surface area contributed by atoms with E-state index in [2.05, 4.69) is 4.98 Å². The summed E-state index contributed by atoms with van der Waals surface area (Å²) in [5, 5.41) is 8.92. The minimum Gasteiger partial charge on any atom is -0.439 e. The molecule has 0 saturated heterocycles. The fourth-order valence-corrected chi connectivity index (χ4v) is 1.75. The zero-order valence-electron chi connectivity index (χ0n) is 10.9. The maximum absolute atomic E-state index is 8.92. The summed E-state index contributed by atoms with van der Waals surface area (Å²) in [5.74, 6) is 1.35. The summed E-state index contributed by atoms with van der Waals surface area (Å²) in [6.07, 6.45) is 2.36. The number of benzene rings is 1. The molecule has 0 saturated carbocycles. The molecule has 1 aromatic carbocycles. The zero-order valence-corrected chi connectivity index (χ0v) is 10.9. The normalized spacial score (nSPS) is 12.2. The van der Waals surface area contributed by atoms with E-state index in [1.165, 1.54) is 0 Å². The van der Waals surface area contributed by atoms with E-state index < -0.39 is 0 Å². The quantitative estimate of drug-likeness (QED) is 0.861. The topological polar surface area (TPSA) is 68.4 Å². The van der Waals surface area contributed by atoms with Crippen molar-refractivity contribution in [2.75, 3.05) is 6.61 Å². The average molecular weight is 258 g/mol. The first kappa shape index (κ1) is 13.5. The number of hydrogen-bond acceptors (Lipinski definition) is 4. The van der Waals surface area contributed by atoms with Gasteiger partial charge in [-0.3, -0.25) is 0 Å². The summed E-state index contributed by atoms with van der Waals surface area (Å²) in [4.78, 5) is 4.18. The maximum Gasteiger partial charge on any atom is 0.222 e. The third-order valence-corrected chi connectivity index (χ3v) is 2.83. The number of aliphatic hydroxyl groups excluding tert-OH is 1. The monoisotopic (exact) mass is 258 g/mol. The largest absolute Gasteiger partial charge is 0.439 e. The molecule has 2 rings (SSSR count). The van der Waals surface area contributed by atoms with Crippen molar-refractivity contribution in [3.05, 3.63) is 53.7 Å². The van der Waals surface area contributed by atoms with Gasteiger partial charge in [0, 0.05) is 17.8 Å². The second-order valence-electron chi connectivity index (χ2n) is 4.52. The summed E-state index contributed by atoms with van der Waals surface area (Å²) in [7, 11) is 0. The van der Waals surface area contributed by atoms with Gasteiger partial charge in [0.1, 0.15) is 5.75 Å². The fraction of sp³-hybridized carbons (Fsp3) is 0.267. The van der Waals surface area contributed by atoms with Gasteiger partial charge in [-0.25, -0.2) is 4.98 Å². The van der Waals surface area contributed by atoms with Crippen LogP contribution in [-0.4, -0.2) is 22.7 Å². The van der Waals surface area contributed by atoms with Gasteiger partial charge in [0.15, 0.2) is 0 Å². The number of rotatable bonds is 5. The lowest BCUT2D eigenvalue weighted by atomic mass is 10.1. The predicted octanol–water partition coefficient (Wildman–Crippen LogP) is 2.04. The molecule has 0 amide bonds. The van der Waals surface area contributed by atoms with Gasteiger partial charge >= 0.3 is 0 Å². The average Bonchev–Trinajstić information content (AvgIpc) is 2.43. The number of aromatic nitrogens is 1. The van der Waals surface area contributed by atoms with Gasteiger partial charge in [-0.15, -0.1) is 0 Å². The summed E-state index contributed by atoms with van der Waals surface area (Å²) < 4.78 is 5.70. The predicted molar refractivity (Wildman–Crippen MR) is 74.3 cm³/mol. The van der Waals surface area contributed by atoms with E-state index in [-0.39, 0.29) is 12.6 Å². The lowest BCUT2D eigenvalue weighted by Gasteiger charge is -2.10. The second-order valence-corrected chi connectivity index (χ2v) is 4.52. The number of hydrogen-bond donors (Lipinski definition) is 2. The zero-order chi connectivity index (χ0) is 13.7. The summed E-state index contributed by atoms with van der Waals surface area (Å²) in [6.45, 7) is 1.95. The van der Waals surface area contributed by atoms with Crippen LogP contribution in [0.25, 0.3) is 0 Å². The molecule has 0 spiro atoms. The van der Waals surface area contributed by atoms with Crippen molar-refractivity contribution in [1.29, 1.82) is 0 Å². The standard InChI is InChI=1S/C15H18N2O2/c1-11-3-2-8-17-15(11)19-14-6-4-12(5-7-14)9-13(16)10-18/h2-8,13,18H,9-10,16H2,1H3. The van der Waals surface area contributed by atoms with Gasteiger partial charge in [-0.05, 0) is 37.1 Å². The third-order valence-electron chi connectivity index (χ3n) is 2.83. The van der Waals surface area contributed by atoms with Gasteiger partial charge in [0.25, 0.3) is 0 Å². The van der Waals surface area contributed by atoms with Gasteiger partial charge in [0.05, 0.1) is 6.61 Å². The van der Waals surface area contributed by atoms with Crippen LogP contribution in [0.4, 0.5) is 0 Å². The fourth-order valence-electron chi connectivity index (χ4n) is 1.75. The Morgan fingerprint density at radius 3 is 2.63 bits per heavy atom. The van der Waals surface area contributed by atoms with Crippen LogP contribution in [-0.2, 0) is 6.42 Å². The first-order valence-corrected chi connectivity index (χ1v) is 6.24. The first-order valence-electron chi connectivity index (χ1n) is 6.24. The van der Waals surface area contributed by atoms with Crippen LogP contribution < -0.4 is 10.5 Å². The van der Waals surface area contributed by atoms with Crippen molar-refractivity contribution < 1.29 is 9.84 Å². The second kappa shape index (κ2) is 6.31. The highest BCUT2D eigenvalue weighted by Gasteiger charge is 2.04. The summed E-state index contributed by atoms with van der Waals surface area (Å²) in [6, 6.07) is 11.3. The highest BCUT2D eigenvalue weighted by atomic mass is 16.5. The molecule has 0 radical (unpaired) electrons. The lowest BCUT2D eigenvalue weighted by Crippen LogP contribution is -2.26. The summed E-state index contributed by atoms with van der Waals surface area (Å²) in [5.41, 5.74) is 7.77. The molecule has 2 aromatic rings. The minimum absolute atomic E-state index is 0.00855. The highest BCUT2D eigenvalue weighted by Crippen LogP contribution is 2.22. The number of aliphatic hydroxyl groups is 1. The van der Waals surface area contributed by atoms with Crippen LogP contribution in [0.1, 0.15) is 11.1 Å². The Morgan fingerprint density at radius 1 is 1.26 bits per heavy atom. The number of ether oxygens (including phenoxy) is 1. The van der Waals surface area contributed by atoms with Crippen molar-refractivity contribution >= 4 is 0 Å². The van der Waals surface area contributed by atoms with Crippen LogP contribution in [0.3, 0.4) is 0 Å². The van der Waals surface area contributed by atoms with E-state index in [0.717, 1.165) is 16.9 Å². The van der Waals surface area contributed by atoms with Crippen LogP contribution in [0, 0.1) is 6.92 Å². The molecule has 1 atom stereocenters. The van der Waals surface area contributed by atoms with Gasteiger partial charge in [-0.2, -0.15) is 0 Å². The number of aryl methyl sites for hydroxylation is 1. The van der Waals surface area contributed by atoms with Crippen molar-refractivity contribution in [3.8, 4) is 11.6 Å². The van der Waals surface area contributed by atoms with Gasteiger partial charge in [-0.1, -0.05) is 18.2 Å². The molecule has 0 aliphatic rings. The molecule has 4 heteroatoms. The Kier molecular flexibility index (Phi) is 4.49. The molecule has 0 aliphatic carbocycles. The van der Waals surface area contributed by atoms with E-state index in [4.69, 9.17) is 15.6 Å². The molecule has 19 heavy (non-hydrogen) atoms. The van der Waals surface area contributed by atoms with Crippen LogP contribution in [0.5, 0.6) is 11.6 Å². The van der Waals surface area contributed by atoms with Gasteiger partial charge < -0.3 is 15.6 Å². The molecule has 0 fully saturated rings. The molecule has 1 aromatic heterocycles. The Hall–Kier alpha value is -1.91. The van der Waals surface area contributed by atoms with E-state index in [9.17, 15) is 0 Å². The summed E-state index contributed by atoms with van der Waals surface area (Å²) >= 11 is 0. The molecule has 4 nitrogen and oxygen atoms in total. The number of pyridine rings is 1. The molecule has 0 bridgehead atoms. The van der Waals surface area contributed by atoms with Crippen molar-refractivity contribution in [1.82, 2.24) is 4.98 Å². The molecular formula is C15H18N2O2. The molecule has 1 heterocycles. The Morgan fingerprint density at radius 2 is 2.00 bits per heavy atom. The van der Waals surface area contributed by atoms with E-state index >= 15 is 0 Å². The number of nitrogens with two attached hydrogens (primary N) is 1. The van der Waals surface area contributed by atoms with Crippen LogP contribution in [0.2, 0.25) is 0 Å². The lowest BCUT2D eigenvalue weighted by molar-refractivity contribution is 0.265. The Labute approximate surface area is 112 Å². The smallest absolute Gasteiger partial charge is 0.222 e. The third kappa shape index (κ3) is 3.77. The number of nitrogens with zero attached hydrogens (tertiary/aromatic N) is 1. The first-order chi connectivity index (χ1) is 9.19. The van der Waals surface area contributed by atoms with E-state index in [1.807, 2.05) is 43.3 Å². The molecular weight excluding hydrogens is 240 g/mol. The van der Waals surface area contributed by atoms with Crippen LogP contribution in [0.15, 0.2) is 42.6 Å². The van der Waals surface area contributed by atoms with E-state index in [0.29, 0.717) is 12.3 Å². The van der Waals surface area contributed by atoms with Crippen molar-refractivity contribution in [2.24, 2.45) is 5.73 Å². The molecule has 1 unspecified atom stereocenters. The molecule has 3 N–H and O–H groups in total.